The van der Waals surface area contributed by atoms with Crippen LogP contribution in [0.5, 0.6) is 0 Å². The third-order valence-electron chi connectivity index (χ3n) is 6.99. The van der Waals surface area contributed by atoms with E-state index in [4.69, 9.17) is 33.2 Å². The zero-order valence-corrected chi connectivity index (χ0v) is 23.0. The molecule has 0 aromatic carbocycles. The summed E-state index contributed by atoms with van der Waals surface area (Å²) in [5.74, 6) is 0. The molecular formula is C26H52N4O7. The quantitative estimate of drug-likeness (QED) is 0.400. The van der Waals surface area contributed by atoms with Crippen molar-refractivity contribution in [1.82, 2.24) is 19.6 Å². The Hall–Kier alpha value is -0.440. The van der Waals surface area contributed by atoms with E-state index in [1.165, 1.54) is 0 Å². The molecule has 0 amide bonds. The molecule has 0 aromatic rings. The van der Waals surface area contributed by atoms with Crippen LogP contribution in [0.4, 0.5) is 0 Å². The fourth-order valence-electron chi connectivity index (χ4n) is 4.50. The first-order valence-corrected chi connectivity index (χ1v) is 14.3. The van der Waals surface area contributed by atoms with E-state index < -0.39 is 0 Å². The van der Waals surface area contributed by atoms with Crippen LogP contribution in [-0.4, -0.2) is 191 Å². The maximum Gasteiger partial charge on any atom is 0.0701 e. The molecule has 4 rings (SSSR count). The highest BCUT2D eigenvalue weighted by molar-refractivity contribution is 4.64. The molecule has 11 heteroatoms. The van der Waals surface area contributed by atoms with Crippen LogP contribution in [0.2, 0.25) is 0 Å². The summed E-state index contributed by atoms with van der Waals surface area (Å²) in [6, 6.07) is 0. The summed E-state index contributed by atoms with van der Waals surface area (Å²) in [6.07, 6.45) is 0. The van der Waals surface area contributed by atoms with Crippen LogP contribution >= 0.6 is 0 Å². The molecule has 0 aromatic heterocycles. The first-order chi connectivity index (χ1) is 18.4. The molecule has 4 aliphatic heterocycles. The molecule has 0 spiro atoms. The van der Waals surface area contributed by atoms with E-state index in [9.17, 15) is 0 Å². The molecule has 0 aliphatic carbocycles. The van der Waals surface area contributed by atoms with Crippen molar-refractivity contribution < 1.29 is 33.2 Å². The monoisotopic (exact) mass is 532 g/mol. The third-order valence-corrected chi connectivity index (χ3v) is 6.99. The lowest BCUT2D eigenvalue weighted by Gasteiger charge is -2.26. The Labute approximate surface area is 224 Å². The number of fused-ring (bicyclic) bond motifs is 27. The Morgan fingerprint density at radius 3 is 0.486 bits per heavy atom. The average molecular weight is 533 g/mol. The lowest BCUT2D eigenvalue weighted by atomic mass is 10.4. The van der Waals surface area contributed by atoms with Crippen molar-refractivity contribution in [1.29, 1.82) is 0 Å². The fourth-order valence-corrected chi connectivity index (χ4v) is 4.50. The summed E-state index contributed by atoms with van der Waals surface area (Å²) in [6.45, 7) is 20.2. The van der Waals surface area contributed by atoms with Crippen molar-refractivity contribution in [3.05, 3.63) is 0 Å². The Balaban J connectivity index is 1.67. The second kappa shape index (κ2) is 21.4. The standard InChI is InChI=1S/C26H52N4O7/c1-13-31-14-2-28-5-17-34-21-9-29-7-19-32-15-3-27(1)4-16-33-20-8-30(10-22-35-18-6-28)12-24-37-26-25-36-23-11-29/h1-26H2. The van der Waals surface area contributed by atoms with Gasteiger partial charge in [0.25, 0.3) is 0 Å². The minimum Gasteiger partial charge on any atom is -0.379 e. The predicted octanol–water partition coefficient (Wildman–Crippen LogP) is -0.649. The molecule has 218 valence electrons. The summed E-state index contributed by atoms with van der Waals surface area (Å²) in [5, 5.41) is 0. The molecule has 0 N–H and O–H groups in total. The van der Waals surface area contributed by atoms with E-state index in [2.05, 4.69) is 19.6 Å². The SMILES string of the molecule is C1COCCN2CCOCCN3CCOCCN(CCO1)CCOCCN(CCOCC2)CCOCC3. The first kappa shape index (κ1) is 31.1. The normalized spacial score (nSPS) is 33.1. The molecule has 0 saturated carbocycles. The molecule has 37 heavy (non-hydrogen) atoms. The Bertz CT molecular complexity index is 465. The van der Waals surface area contributed by atoms with Gasteiger partial charge in [0.15, 0.2) is 0 Å². The Kier molecular flexibility index (Phi) is 18.0. The van der Waals surface area contributed by atoms with Crippen molar-refractivity contribution in [3.63, 3.8) is 0 Å². The second-order valence-corrected chi connectivity index (χ2v) is 9.65. The van der Waals surface area contributed by atoms with Crippen molar-refractivity contribution in [2.45, 2.75) is 0 Å². The van der Waals surface area contributed by atoms with E-state index in [1.807, 2.05) is 0 Å². The van der Waals surface area contributed by atoms with Crippen molar-refractivity contribution in [2.75, 3.05) is 171 Å². The lowest BCUT2D eigenvalue weighted by molar-refractivity contribution is 0.0153. The van der Waals surface area contributed by atoms with Gasteiger partial charge in [-0.2, -0.15) is 0 Å². The summed E-state index contributed by atoms with van der Waals surface area (Å²) >= 11 is 0. The van der Waals surface area contributed by atoms with Gasteiger partial charge in [0.2, 0.25) is 0 Å². The topological polar surface area (TPSA) is 77.6 Å². The van der Waals surface area contributed by atoms with Gasteiger partial charge < -0.3 is 33.2 Å². The van der Waals surface area contributed by atoms with E-state index in [1.54, 1.807) is 0 Å². The van der Waals surface area contributed by atoms with E-state index in [0.717, 1.165) is 78.5 Å². The van der Waals surface area contributed by atoms with Gasteiger partial charge in [0.1, 0.15) is 0 Å². The van der Waals surface area contributed by atoms with Gasteiger partial charge in [0, 0.05) is 78.5 Å². The molecular weight excluding hydrogens is 480 g/mol. The molecule has 4 aliphatic rings. The first-order valence-electron chi connectivity index (χ1n) is 14.3. The van der Waals surface area contributed by atoms with Crippen LogP contribution < -0.4 is 0 Å². The van der Waals surface area contributed by atoms with Crippen LogP contribution in [0, 0.1) is 0 Å². The summed E-state index contributed by atoms with van der Waals surface area (Å²) in [7, 11) is 0. The highest BCUT2D eigenvalue weighted by Crippen LogP contribution is 1.99. The number of hydrogen-bond acceptors (Lipinski definition) is 11. The van der Waals surface area contributed by atoms with Gasteiger partial charge in [-0.25, -0.2) is 0 Å². The van der Waals surface area contributed by atoms with Crippen LogP contribution in [0.1, 0.15) is 0 Å². The number of rotatable bonds is 0. The van der Waals surface area contributed by atoms with Crippen LogP contribution in [0.15, 0.2) is 0 Å². The lowest BCUT2D eigenvalue weighted by Crippen LogP contribution is -2.39. The molecule has 4 saturated heterocycles. The minimum absolute atomic E-state index is 0.614. The minimum atomic E-state index is 0.614. The molecule has 0 unspecified atom stereocenters. The van der Waals surface area contributed by atoms with Gasteiger partial charge in [-0.15, -0.1) is 0 Å². The number of hydrogen-bond donors (Lipinski definition) is 0. The summed E-state index contributed by atoms with van der Waals surface area (Å²) in [5.41, 5.74) is 0. The third kappa shape index (κ3) is 15.7. The van der Waals surface area contributed by atoms with E-state index >= 15 is 0 Å². The molecule has 4 fully saturated rings. The second-order valence-electron chi connectivity index (χ2n) is 9.65. The van der Waals surface area contributed by atoms with Crippen molar-refractivity contribution in [3.8, 4) is 0 Å². The van der Waals surface area contributed by atoms with Gasteiger partial charge in [0.05, 0.1) is 92.5 Å². The molecule has 4 bridgehead atoms. The summed E-state index contributed by atoms with van der Waals surface area (Å²) < 4.78 is 41.8. The zero-order chi connectivity index (χ0) is 25.6. The van der Waals surface area contributed by atoms with Gasteiger partial charge in [-0.1, -0.05) is 0 Å². The Morgan fingerprint density at radius 2 is 0.324 bits per heavy atom. The average Bonchev–Trinajstić information content (AvgIpc) is 2.90. The van der Waals surface area contributed by atoms with E-state index in [0.29, 0.717) is 92.5 Å². The van der Waals surface area contributed by atoms with Crippen molar-refractivity contribution >= 4 is 0 Å². The van der Waals surface area contributed by atoms with Crippen LogP contribution in [0.3, 0.4) is 0 Å². The maximum atomic E-state index is 6.02. The molecule has 4 heterocycles. The van der Waals surface area contributed by atoms with Crippen molar-refractivity contribution in [2.24, 2.45) is 0 Å². The smallest absolute Gasteiger partial charge is 0.0701 e. The number of nitrogens with zero attached hydrogens (tertiary/aromatic N) is 4. The predicted molar refractivity (Wildman–Crippen MR) is 141 cm³/mol. The highest BCUT2D eigenvalue weighted by Gasteiger charge is 2.12. The van der Waals surface area contributed by atoms with Crippen LogP contribution in [0.25, 0.3) is 0 Å². The van der Waals surface area contributed by atoms with Gasteiger partial charge >= 0.3 is 0 Å². The molecule has 11 nitrogen and oxygen atoms in total. The molecule has 0 radical (unpaired) electrons. The summed E-state index contributed by atoms with van der Waals surface area (Å²) in [4.78, 5) is 9.53. The van der Waals surface area contributed by atoms with Crippen LogP contribution in [-0.2, 0) is 33.2 Å². The van der Waals surface area contributed by atoms with Gasteiger partial charge in [-0.3, -0.25) is 19.6 Å². The highest BCUT2D eigenvalue weighted by atomic mass is 16.5. The molecule has 0 atom stereocenters. The number of ether oxygens (including phenoxy) is 7. The van der Waals surface area contributed by atoms with Gasteiger partial charge in [-0.05, 0) is 0 Å². The zero-order valence-electron chi connectivity index (χ0n) is 23.0. The largest absolute Gasteiger partial charge is 0.379 e. The fraction of sp³-hybridized carbons (Fsp3) is 1.00. The van der Waals surface area contributed by atoms with E-state index in [-0.39, 0.29) is 0 Å². The Morgan fingerprint density at radius 1 is 0.189 bits per heavy atom. The maximum absolute atomic E-state index is 6.02.